The molecule has 156 valence electrons. The number of nitrogens with zero attached hydrogens (tertiary/aromatic N) is 1. The molecule has 0 aliphatic carbocycles. The molecule has 28 heavy (non-hydrogen) atoms. The van der Waals surface area contributed by atoms with Crippen LogP contribution in [-0.4, -0.2) is 57.6 Å². The number of amides is 1. The molecule has 2 saturated heterocycles. The van der Waals surface area contributed by atoms with Crippen LogP contribution in [0.5, 0.6) is 0 Å². The standard InChI is InChI=1S/C16H22N2O3.C5H10O2/c1-20-11-15-10-18(16(19)21-15)14-4-2-12(3-5-14)13-6-8-17-9-7-13;1-5(2,3)7-4-6/h2-5,13,15,17H,6-11H2,1H3;4H,1-3H3. The van der Waals surface area contributed by atoms with E-state index in [0.717, 1.165) is 18.8 Å². The van der Waals surface area contributed by atoms with Gasteiger partial charge in [0, 0.05) is 12.8 Å². The number of carbonyl (C=O) groups is 2. The summed E-state index contributed by atoms with van der Waals surface area (Å²) in [6, 6.07) is 8.33. The zero-order valence-corrected chi connectivity index (χ0v) is 17.3. The molecule has 3 rings (SSSR count). The third kappa shape index (κ3) is 6.80. The van der Waals surface area contributed by atoms with Crippen molar-refractivity contribution in [3.05, 3.63) is 29.8 Å². The molecular formula is C21H32N2O5. The maximum atomic E-state index is 11.9. The van der Waals surface area contributed by atoms with E-state index < -0.39 is 0 Å². The molecule has 1 aromatic rings. The number of rotatable bonds is 5. The Bertz CT molecular complexity index is 621. The van der Waals surface area contributed by atoms with E-state index in [1.807, 2.05) is 32.9 Å². The molecule has 1 amide bonds. The van der Waals surface area contributed by atoms with Crippen molar-refractivity contribution in [1.29, 1.82) is 0 Å². The second-order valence-corrected chi connectivity index (χ2v) is 8.01. The zero-order valence-electron chi connectivity index (χ0n) is 17.3. The fraction of sp³-hybridized carbons (Fsp3) is 0.619. The molecule has 7 nitrogen and oxygen atoms in total. The van der Waals surface area contributed by atoms with Gasteiger partial charge in [-0.2, -0.15) is 0 Å². The van der Waals surface area contributed by atoms with Crippen LogP contribution in [0.1, 0.15) is 45.1 Å². The number of piperidine rings is 1. The number of cyclic esters (lactones) is 1. The highest BCUT2D eigenvalue weighted by molar-refractivity contribution is 5.89. The predicted octanol–water partition coefficient (Wildman–Crippen LogP) is 3.08. The Labute approximate surface area is 167 Å². The van der Waals surface area contributed by atoms with E-state index >= 15 is 0 Å². The average Bonchev–Trinajstić information content (AvgIpc) is 3.03. The maximum absolute atomic E-state index is 11.9. The number of benzene rings is 1. The van der Waals surface area contributed by atoms with Gasteiger partial charge >= 0.3 is 6.09 Å². The topological polar surface area (TPSA) is 77.1 Å². The van der Waals surface area contributed by atoms with Gasteiger partial charge in [0.15, 0.2) is 0 Å². The van der Waals surface area contributed by atoms with Crippen molar-refractivity contribution in [1.82, 2.24) is 5.32 Å². The van der Waals surface area contributed by atoms with Crippen LogP contribution in [-0.2, 0) is 19.0 Å². The summed E-state index contributed by atoms with van der Waals surface area (Å²) in [5.74, 6) is 0.632. The molecule has 2 heterocycles. The van der Waals surface area contributed by atoms with Crippen LogP contribution in [0, 0.1) is 0 Å². The highest BCUT2D eigenvalue weighted by atomic mass is 16.6. The lowest BCUT2D eigenvalue weighted by molar-refractivity contribution is -0.138. The molecule has 2 fully saturated rings. The lowest BCUT2D eigenvalue weighted by Gasteiger charge is -2.23. The molecular weight excluding hydrogens is 360 g/mol. The predicted molar refractivity (Wildman–Crippen MR) is 108 cm³/mol. The van der Waals surface area contributed by atoms with Gasteiger partial charge in [-0.1, -0.05) is 12.1 Å². The third-order valence-electron chi connectivity index (χ3n) is 4.64. The first kappa shape index (κ1) is 22.2. The molecule has 0 aromatic heterocycles. The number of hydrogen-bond acceptors (Lipinski definition) is 6. The van der Waals surface area contributed by atoms with Gasteiger partial charge in [-0.3, -0.25) is 9.69 Å². The largest absolute Gasteiger partial charge is 0.462 e. The molecule has 1 unspecified atom stereocenters. The van der Waals surface area contributed by atoms with Crippen molar-refractivity contribution < 1.29 is 23.8 Å². The maximum Gasteiger partial charge on any atom is 0.414 e. The number of carbonyl (C=O) groups excluding carboxylic acids is 2. The summed E-state index contributed by atoms with van der Waals surface area (Å²) in [7, 11) is 1.62. The molecule has 0 radical (unpaired) electrons. The van der Waals surface area contributed by atoms with Crippen molar-refractivity contribution in [2.24, 2.45) is 0 Å². The van der Waals surface area contributed by atoms with E-state index in [0.29, 0.717) is 25.5 Å². The summed E-state index contributed by atoms with van der Waals surface area (Å²) < 4.78 is 14.9. The minimum atomic E-state index is -0.318. The van der Waals surface area contributed by atoms with Gasteiger partial charge in [0.05, 0.1) is 13.2 Å². The van der Waals surface area contributed by atoms with Gasteiger partial charge in [-0.15, -0.1) is 0 Å². The van der Waals surface area contributed by atoms with Crippen molar-refractivity contribution in [2.45, 2.75) is 51.2 Å². The van der Waals surface area contributed by atoms with Crippen LogP contribution in [0.25, 0.3) is 0 Å². The molecule has 2 aliphatic rings. The van der Waals surface area contributed by atoms with Gasteiger partial charge in [-0.05, 0) is 70.3 Å². The molecule has 1 aromatic carbocycles. The molecule has 7 heteroatoms. The lowest BCUT2D eigenvalue weighted by Crippen LogP contribution is -2.27. The van der Waals surface area contributed by atoms with E-state index in [2.05, 4.69) is 22.2 Å². The smallest absolute Gasteiger partial charge is 0.414 e. The average molecular weight is 392 g/mol. The number of nitrogens with one attached hydrogen (secondary N) is 1. The Hall–Kier alpha value is -2.12. The van der Waals surface area contributed by atoms with Gasteiger partial charge < -0.3 is 19.5 Å². The van der Waals surface area contributed by atoms with Crippen molar-refractivity contribution in [3.8, 4) is 0 Å². The van der Waals surface area contributed by atoms with Gasteiger partial charge in [0.25, 0.3) is 6.47 Å². The Kier molecular flexibility index (Phi) is 8.26. The lowest BCUT2D eigenvalue weighted by atomic mass is 9.90. The van der Waals surface area contributed by atoms with Crippen LogP contribution in [0.3, 0.4) is 0 Å². The van der Waals surface area contributed by atoms with E-state index in [1.54, 1.807) is 12.0 Å². The minimum absolute atomic E-state index is 0.174. The zero-order chi connectivity index (χ0) is 20.6. The van der Waals surface area contributed by atoms with Crippen molar-refractivity contribution >= 4 is 18.3 Å². The van der Waals surface area contributed by atoms with Crippen LogP contribution in [0.15, 0.2) is 24.3 Å². The Morgan fingerprint density at radius 3 is 2.36 bits per heavy atom. The fourth-order valence-corrected chi connectivity index (χ4v) is 3.23. The van der Waals surface area contributed by atoms with E-state index in [4.69, 9.17) is 9.47 Å². The first-order valence-electron chi connectivity index (χ1n) is 9.73. The Morgan fingerprint density at radius 1 is 1.21 bits per heavy atom. The van der Waals surface area contributed by atoms with Crippen LogP contribution >= 0.6 is 0 Å². The second-order valence-electron chi connectivity index (χ2n) is 8.01. The highest BCUT2D eigenvalue weighted by Crippen LogP contribution is 2.28. The van der Waals surface area contributed by atoms with E-state index in [1.165, 1.54) is 18.4 Å². The molecule has 1 atom stereocenters. The number of hydrogen-bond donors (Lipinski definition) is 1. The molecule has 0 saturated carbocycles. The van der Waals surface area contributed by atoms with Gasteiger partial charge in [0.1, 0.15) is 11.7 Å². The van der Waals surface area contributed by atoms with Gasteiger partial charge in [-0.25, -0.2) is 4.79 Å². The summed E-state index contributed by atoms with van der Waals surface area (Å²) in [4.78, 5) is 23.2. The Morgan fingerprint density at radius 2 is 1.86 bits per heavy atom. The van der Waals surface area contributed by atoms with Crippen LogP contribution in [0.2, 0.25) is 0 Å². The summed E-state index contributed by atoms with van der Waals surface area (Å²) in [5.41, 5.74) is 1.94. The SMILES string of the molecule is CC(C)(C)OC=O.COCC1CN(c2ccc(C3CCNCC3)cc2)C(=O)O1. The summed E-state index contributed by atoms with van der Waals surface area (Å²) in [6.45, 7) is 9.09. The van der Waals surface area contributed by atoms with Crippen molar-refractivity contribution in [3.63, 3.8) is 0 Å². The van der Waals surface area contributed by atoms with Crippen LogP contribution < -0.4 is 10.2 Å². The number of anilines is 1. The summed E-state index contributed by atoms with van der Waals surface area (Å²) >= 11 is 0. The quantitative estimate of drug-likeness (QED) is 0.776. The second kappa shape index (κ2) is 10.4. The van der Waals surface area contributed by atoms with E-state index in [9.17, 15) is 9.59 Å². The Balaban J connectivity index is 0.000000345. The number of methoxy groups -OCH3 is 1. The third-order valence-corrected chi connectivity index (χ3v) is 4.64. The first-order chi connectivity index (χ1) is 13.3. The molecule has 2 aliphatic heterocycles. The normalized spacial score (nSPS) is 20.2. The van der Waals surface area contributed by atoms with Gasteiger partial charge in [0.2, 0.25) is 0 Å². The highest BCUT2D eigenvalue weighted by Gasteiger charge is 2.32. The van der Waals surface area contributed by atoms with Crippen LogP contribution in [0.4, 0.5) is 10.5 Å². The summed E-state index contributed by atoms with van der Waals surface area (Å²) in [5, 5.41) is 3.38. The molecule has 1 N–H and O–H groups in total. The number of ether oxygens (including phenoxy) is 3. The molecule has 0 spiro atoms. The molecule has 0 bridgehead atoms. The van der Waals surface area contributed by atoms with Crippen molar-refractivity contribution in [2.75, 3.05) is 38.3 Å². The monoisotopic (exact) mass is 392 g/mol. The summed E-state index contributed by atoms with van der Waals surface area (Å²) in [6.07, 6.45) is 1.90. The minimum Gasteiger partial charge on any atom is -0.462 e. The first-order valence-corrected chi connectivity index (χ1v) is 9.73. The van der Waals surface area contributed by atoms with E-state index in [-0.39, 0.29) is 17.8 Å². The fourth-order valence-electron chi connectivity index (χ4n) is 3.23.